The lowest BCUT2D eigenvalue weighted by atomic mass is 10.3. The maximum atomic E-state index is 5.60. The molecule has 0 radical (unpaired) electrons. The number of aromatic nitrogens is 2. The highest BCUT2D eigenvalue weighted by Crippen LogP contribution is 2.20. The fraction of sp³-hybridized carbons (Fsp3) is 0.667. The molecule has 0 fully saturated rings. The Morgan fingerprint density at radius 3 is 3.38 bits per heavy atom. The molecule has 0 saturated carbocycles. The Labute approximate surface area is 77.9 Å². The Hall–Kier alpha value is -1.03. The van der Waals surface area contributed by atoms with Gasteiger partial charge in [-0.2, -0.15) is 5.10 Å². The minimum atomic E-state index is 0.400. The number of hydrogen-bond acceptors (Lipinski definition) is 3. The Balaban J connectivity index is 2.11. The van der Waals surface area contributed by atoms with E-state index in [2.05, 4.69) is 17.3 Å². The van der Waals surface area contributed by atoms with Crippen molar-refractivity contribution in [1.82, 2.24) is 15.1 Å². The summed E-state index contributed by atoms with van der Waals surface area (Å²) in [5, 5.41) is 7.59. The summed E-state index contributed by atoms with van der Waals surface area (Å²) in [5.41, 5.74) is 1.12. The third-order valence-corrected chi connectivity index (χ3v) is 2.27. The van der Waals surface area contributed by atoms with Gasteiger partial charge in [0, 0.05) is 5.56 Å². The van der Waals surface area contributed by atoms with Gasteiger partial charge in [-0.1, -0.05) is 6.92 Å². The fourth-order valence-corrected chi connectivity index (χ4v) is 1.64. The van der Waals surface area contributed by atoms with Crippen LogP contribution in [0.4, 0.5) is 0 Å². The summed E-state index contributed by atoms with van der Waals surface area (Å²) >= 11 is 0. The Morgan fingerprint density at radius 2 is 2.62 bits per heavy atom. The van der Waals surface area contributed by atoms with Crippen molar-refractivity contribution in [2.45, 2.75) is 26.4 Å². The zero-order valence-corrected chi connectivity index (χ0v) is 8.08. The van der Waals surface area contributed by atoms with Crippen molar-refractivity contribution in [1.29, 1.82) is 0 Å². The lowest BCUT2D eigenvalue weighted by Gasteiger charge is -2.24. The zero-order valence-electron chi connectivity index (χ0n) is 8.08. The van der Waals surface area contributed by atoms with Gasteiger partial charge in [-0.15, -0.1) is 0 Å². The second-order valence-corrected chi connectivity index (χ2v) is 3.38. The summed E-state index contributed by atoms with van der Waals surface area (Å²) in [7, 11) is 0. The van der Waals surface area contributed by atoms with E-state index in [1.807, 2.05) is 17.8 Å². The molecule has 2 rings (SSSR count). The van der Waals surface area contributed by atoms with Crippen molar-refractivity contribution in [2.75, 3.05) is 13.2 Å². The fourth-order valence-electron chi connectivity index (χ4n) is 1.64. The van der Waals surface area contributed by atoms with Gasteiger partial charge in [0.2, 0.25) is 5.88 Å². The van der Waals surface area contributed by atoms with Gasteiger partial charge in [0.05, 0.1) is 18.8 Å². The molecule has 1 aliphatic heterocycles. The van der Waals surface area contributed by atoms with Crippen LogP contribution in [0.3, 0.4) is 0 Å². The first-order chi connectivity index (χ1) is 6.31. The van der Waals surface area contributed by atoms with E-state index in [1.165, 1.54) is 0 Å². The molecule has 1 aromatic rings. The van der Waals surface area contributed by atoms with Crippen molar-refractivity contribution in [3.8, 4) is 5.88 Å². The van der Waals surface area contributed by atoms with E-state index >= 15 is 0 Å². The first-order valence-corrected chi connectivity index (χ1v) is 4.70. The van der Waals surface area contributed by atoms with Gasteiger partial charge in [0.25, 0.3) is 0 Å². The van der Waals surface area contributed by atoms with Crippen molar-refractivity contribution in [3.63, 3.8) is 0 Å². The van der Waals surface area contributed by atoms with E-state index in [1.54, 1.807) is 0 Å². The molecule has 0 bridgehead atoms. The third-order valence-electron chi connectivity index (χ3n) is 2.27. The van der Waals surface area contributed by atoms with Crippen LogP contribution in [-0.4, -0.2) is 29.0 Å². The molecular formula is C9H15N3O. The predicted molar refractivity (Wildman–Crippen MR) is 49.9 cm³/mol. The summed E-state index contributed by atoms with van der Waals surface area (Å²) in [6.07, 6.45) is 1.85. The van der Waals surface area contributed by atoms with Gasteiger partial charge in [-0.05, 0) is 13.5 Å². The summed E-state index contributed by atoms with van der Waals surface area (Å²) < 4.78 is 7.52. The summed E-state index contributed by atoms with van der Waals surface area (Å²) in [6.45, 7) is 6.76. The molecule has 0 unspecified atom stereocenters. The second kappa shape index (κ2) is 3.38. The van der Waals surface area contributed by atoms with E-state index in [9.17, 15) is 0 Å². The Morgan fingerprint density at radius 1 is 1.77 bits per heavy atom. The van der Waals surface area contributed by atoms with Crippen molar-refractivity contribution >= 4 is 0 Å². The molecule has 1 aliphatic rings. The highest BCUT2D eigenvalue weighted by atomic mass is 16.5. The van der Waals surface area contributed by atoms with Crippen LogP contribution in [-0.2, 0) is 6.54 Å². The molecular weight excluding hydrogens is 166 g/mol. The van der Waals surface area contributed by atoms with Gasteiger partial charge in [-0.25, -0.2) is 4.68 Å². The molecule has 1 atom stereocenters. The molecule has 0 aliphatic carbocycles. The monoisotopic (exact) mass is 181 g/mol. The largest absolute Gasteiger partial charge is 0.476 e. The first-order valence-electron chi connectivity index (χ1n) is 4.70. The maximum Gasteiger partial charge on any atom is 0.214 e. The quantitative estimate of drug-likeness (QED) is 0.724. The molecule has 4 nitrogen and oxygen atoms in total. The molecule has 0 amide bonds. The number of ether oxygens (including phenoxy) is 1. The van der Waals surface area contributed by atoms with Gasteiger partial charge < -0.3 is 10.1 Å². The molecule has 4 heteroatoms. The number of nitrogens with zero attached hydrogens (tertiary/aromatic N) is 2. The highest BCUT2D eigenvalue weighted by molar-refractivity contribution is 5.23. The number of aryl methyl sites for hydroxylation is 1. The van der Waals surface area contributed by atoms with Crippen LogP contribution in [0.5, 0.6) is 5.88 Å². The van der Waals surface area contributed by atoms with Gasteiger partial charge in [0.15, 0.2) is 0 Å². The molecule has 13 heavy (non-hydrogen) atoms. The SMILES string of the molecule is CCN[C@H]1COc2c(C)cnn2C1. The van der Waals surface area contributed by atoms with Crippen LogP contribution in [0.1, 0.15) is 12.5 Å². The van der Waals surface area contributed by atoms with Crippen LogP contribution in [0.15, 0.2) is 6.20 Å². The van der Waals surface area contributed by atoms with Gasteiger partial charge in [0.1, 0.15) is 6.61 Å². The highest BCUT2D eigenvalue weighted by Gasteiger charge is 2.20. The Bertz CT molecular complexity index is 295. The van der Waals surface area contributed by atoms with Gasteiger partial charge in [-0.3, -0.25) is 0 Å². The molecule has 0 spiro atoms. The predicted octanol–water partition coefficient (Wildman–Crippen LogP) is 0.562. The number of likely N-dealkylation sites (N-methyl/N-ethyl adjacent to an activating group) is 1. The molecule has 0 saturated heterocycles. The molecule has 72 valence electrons. The Kier molecular flexibility index (Phi) is 2.22. The second-order valence-electron chi connectivity index (χ2n) is 3.38. The molecule has 2 heterocycles. The van der Waals surface area contributed by atoms with Crippen LogP contribution in [0.25, 0.3) is 0 Å². The standard InChI is InChI=1S/C9H15N3O/c1-3-10-8-5-12-9(13-6-8)7(2)4-11-12/h4,8,10H,3,5-6H2,1-2H3/t8-/m1/s1. The molecule has 1 N–H and O–H groups in total. The smallest absolute Gasteiger partial charge is 0.214 e. The van der Waals surface area contributed by atoms with Crippen LogP contribution < -0.4 is 10.1 Å². The first kappa shape index (κ1) is 8.56. The number of hydrogen-bond donors (Lipinski definition) is 1. The lowest BCUT2D eigenvalue weighted by molar-refractivity contribution is 0.184. The van der Waals surface area contributed by atoms with Crippen molar-refractivity contribution in [2.24, 2.45) is 0 Å². The number of nitrogens with one attached hydrogen (secondary N) is 1. The van der Waals surface area contributed by atoms with E-state index < -0.39 is 0 Å². The van der Waals surface area contributed by atoms with E-state index in [-0.39, 0.29) is 0 Å². The van der Waals surface area contributed by atoms with Gasteiger partial charge >= 0.3 is 0 Å². The van der Waals surface area contributed by atoms with Crippen molar-refractivity contribution < 1.29 is 4.74 Å². The summed E-state index contributed by atoms with van der Waals surface area (Å²) in [5.74, 6) is 0.925. The number of rotatable bonds is 2. The zero-order chi connectivity index (χ0) is 9.26. The normalized spacial score (nSPS) is 20.9. The van der Waals surface area contributed by atoms with Crippen LogP contribution in [0.2, 0.25) is 0 Å². The topological polar surface area (TPSA) is 39.1 Å². The van der Waals surface area contributed by atoms with E-state index in [0.717, 1.165) is 31.1 Å². The van der Waals surface area contributed by atoms with Crippen LogP contribution >= 0.6 is 0 Å². The third kappa shape index (κ3) is 1.54. The van der Waals surface area contributed by atoms with Crippen molar-refractivity contribution in [3.05, 3.63) is 11.8 Å². The molecule has 0 aromatic carbocycles. The minimum Gasteiger partial charge on any atom is -0.476 e. The lowest BCUT2D eigenvalue weighted by Crippen LogP contribution is -2.41. The van der Waals surface area contributed by atoms with Crippen LogP contribution in [0, 0.1) is 6.92 Å². The maximum absolute atomic E-state index is 5.60. The summed E-state index contributed by atoms with van der Waals surface area (Å²) in [6, 6.07) is 0.400. The van der Waals surface area contributed by atoms with E-state index in [4.69, 9.17) is 4.74 Å². The summed E-state index contributed by atoms with van der Waals surface area (Å²) in [4.78, 5) is 0. The molecule has 1 aromatic heterocycles. The minimum absolute atomic E-state index is 0.400. The van der Waals surface area contributed by atoms with E-state index in [0.29, 0.717) is 6.04 Å². The average Bonchev–Trinajstić information content (AvgIpc) is 2.48. The average molecular weight is 181 g/mol. The number of fused-ring (bicyclic) bond motifs is 1.